The van der Waals surface area contributed by atoms with Crippen molar-refractivity contribution in [2.45, 2.75) is 232 Å². The highest BCUT2D eigenvalue weighted by atomic mass is 16.6. The topological polar surface area (TPSA) is 78.9 Å². The van der Waals surface area contributed by atoms with Gasteiger partial charge >= 0.3 is 17.9 Å². The van der Waals surface area contributed by atoms with Crippen LogP contribution in [0.5, 0.6) is 0 Å². The van der Waals surface area contributed by atoms with Crippen LogP contribution in [0.25, 0.3) is 0 Å². The molecule has 0 radical (unpaired) electrons. The van der Waals surface area contributed by atoms with E-state index in [1.165, 1.54) is 77.0 Å². The molecule has 0 saturated carbocycles. The van der Waals surface area contributed by atoms with Crippen molar-refractivity contribution in [3.63, 3.8) is 0 Å². The zero-order valence-corrected chi connectivity index (χ0v) is 42.0. The molecule has 0 saturated heterocycles. The van der Waals surface area contributed by atoms with Crippen molar-refractivity contribution in [1.82, 2.24) is 0 Å². The van der Waals surface area contributed by atoms with Crippen LogP contribution in [-0.4, -0.2) is 37.2 Å². The third-order valence-electron chi connectivity index (χ3n) is 10.8. The minimum Gasteiger partial charge on any atom is -0.462 e. The van der Waals surface area contributed by atoms with Gasteiger partial charge in [0.15, 0.2) is 6.10 Å². The van der Waals surface area contributed by atoms with Crippen LogP contribution in [-0.2, 0) is 28.6 Å². The summed E-state index contributed by atoms with van der Waals surface area (Å²) >= 11 is 0. The zero-order chi connectivity index (χ0) is 47.2. The Morgan fingerprint density at radius 3 is 1.15 bits per heavy atom. The van der Waals surface area contributed by atoms with Gasteiger partial charge in [-0.3, -0.25) is 14.4 Å². The molecule has 0 heterocycles. The molecule has 0 aromatic heterocycles. The number of ether oxygens (including phenoxy) is 3. The van der Waals surface area contributed by atoms with Crippen LogP contribution in [0.3, 0.4) is 0 Å². The molecule has 0 N–H and O–H groups in total. The molecule has 65 heavy (non-hydrogen) atoms. The molecule has 0 aromatic rings. The second-order valence-electron chi connectivity index (χ2n) is 17.1. The standard InChI is InChI=1S/C59H96O6/c1-4-7-10-13-16-19-22-25-27-28-29-30-32-34-37-40-43-46-49-52-58(61)64-55-56(54-63-57(60)51-48-45-42-39-36-33-24-21-18-15-12-9-6-3)65-59(62)53-50-47-44-41-38-35-31-26-23-20-17-14-11-8-5-2/h7,9-10,12,15-16,18-21,23-25,27,29-30,33,36,56H,4-6,8,11,13-14,17,22,26,28,31-32,34-35,37-55H2,1-3H3/b10-7+,12-9+,18-15+,19-16+,23-20+,24-21+,27-25+,30-29+,36-33+. The molecular weight excluding hydrogens is 805 g/mol. The summed E-state index contributed by atoms with van der Waals surface area (Å²) in [6, 6.07) is 0. The highest BCUT2D eigenvalue weighted by molar-refractivity contribution is 5.71. The molecule has 0 aliphatic rings. The lowest BCUT2D eigenvalue weighted by atomic mass is 10.1. The lowest BCUT2D eigenvalue weighted by Crippen LogP contribution is -2.30. The van der Waals surface area contributed by atoms with E-state index >= 15 is 0 Å². The molecule has 6 heteroatoms. The van der Waals surface area contributed by atoms with Gasteiger partial charge < -0.3 is 14.2 Å². The molecule has 0 fully saturated rings. The fraction of sp³-hybridized carbons (Fsp3) is 0.644. The summed E-state index contributed by atoms with van der Waals surface area (Å²) in [5.41, 5.74) is 0. The van der Waals surface area contributed by atoms with Crippen molar-refractivity contribution >= 4 is 17.9 Å². The van der Waals surface area contributed by atoms with Crippen LogP contribution < -0.4 is 0 Å². The Hall–Kier alpha value is -3.93. The smallest absolute Gasteiger partial charge is 0.306 e. The van der Waals surface area contributed by atoms with Gasteiger partial charge in [-0.05, 0) is 103 Å². The maximum absolute atomic E-state index is 12.8. The van der Waals surface area contributed by atoms with Crippen molar-refractivity contribution in [3.05, 3.63) is 109 Å². The molecule has 368 valence electrons. The first-order valence-corrected chi connectivity index (χ1v) is 26.4. The second-order valence-corrected chi connectivity index (χ2v) is 17.1. The summed E-state index contributed by atoms with van der Waals surface area (Å²) in [6.45, 7) is 6.31. The Morgan fingerprint density at radius 2 is 0.677 bits per heavy atom. The first kappa shape index (κ1) is 61.1. The molecule has 1 atom stereocenters. The van der Waals surface area contributed by atoms with Crippen molar-refractivity contribution < 1.29 is 28.6 Å². The summed E-state index contributed by atoms with van der Waals surface area (Å²) in [5, 5.41) is 0. The Morgan fingerprint density at radius 1 is 0.338 bits per heavy atom. The van der Waals surface area contributed by atoms with E-state index in [9.17, 15) is 14.4 Å². The number of esters is 3. The van der Waals surface area contributed by atoms with Crippen LogP contribution in [0.2, 0.25) is 0 Å². The monoisotopic (exact) mass is 901 g/mol. The van der Waals surface area contributed by atoms with Crippen LogP contribution in [0, 0.1) is 0 Å². The number of unbranched alkanes of at least 4 members (excludes halogenated alkanes) is 20. The number of carbonyl (C=O) groups is 3. The predicted octanol–water partition coefficient (Wildman–Crippen LogP) is 17.5. The van der Waals surface area contributed by atoms with Crippen molar-refractivity contribution in [2.75, 3.05) is 13.2 Å². The number of carbonyl (C=O) groups excluding carboxylic acids is 3. The van der Waals surface area contributed by atoms with Gasteiger partial charge in [-0.1, -0.05) is 214 Å². The normalized spacial score (nSPS) is 13.0. The molecule has 0 aromatic carbocycles. The van der Waals surface area contributed by atoms with Gasteiger partial charge in [0.25, 0.3) is 0 Å². The molecule has 0 bridgehead atoms. The maximum atomic E-state index is 12.8. The van der Waals surface area contributed by atoms with Crippen molar-refractivity contribution in [2.24, 2.45) is 0 Å². The molecule has 0 amide bonds. The Kier molecular flexibility index (Phi) is 49.5. The Bertz CT molecular complexity index is 1360. The summed E-state index contributed by atoms with van der Waals surface area (Å²) in [6.07, 6.45) is 70.7. The van der Waals surface area contributed by atoms with Crippen LogP contribution in [0.15, 0.2) is 109 Å². The minimum absolute atomic E-state index is 0.102. The quantitative estimate of drug-likeness (QED) is 0.0199. The Balaban J connectivity index is 4.46. The highest BCUT2D eigenvalue weighted by Crippen LogP contribution is 2.14. The number of rotatable bonds is 46. The predicted molar refractivity (Wildman–Crippen MR) is 279 cm³/mol. The van der Waals surface area contributed by atoms with Gasteiger partial charge in [-0.15, -0.1) is 0 Å². The fourth-order valence-electron chi connectivity index (χ4n) is 6.91. The zero-order valence-electron chi connectivity index (χ0n) is 42.0. The van der Waals surface area contributed by atoms with Crippen LogP contribution in [0.4, 0.5) is 0 Å². The molecule has 0 aliphatic heterocycles. The first-order valence-electron chi connectivity index (χ1n) is 26.4. The van der Waals surface area contributed by atoms with Crippen molar-refractivity contribution in [3.8, 4) is 0 Å². The molecule has 0 aliphatic carbocycles. The van der Waals surface area contributed by atoms with E-state index in [1.807, 2.05) is 36.5 Å². The SMILES string of the molecule is CC/C=C/C=C/C=C/C=C/CCCCCC(=O)OCC(COC(=O)CCCCCCCC/C=C/C/C=C/C/C=C/C/C=C/CC)OC(=O)CCCCCCCCC/C=C/CCCCCC. The average Bonchev–Trinajstić information content (AvgIpc) is 3.30. The van der Waals surface area contributed by atoms with Gasteiger partial charge in [0.2, 0.25) is 0 Å². The van der Waals surface area contributed by atoms with Gasteiger partial charge in [0.05, 0.1) is 0 Å². The first-order chi connectivity index (χ1) is 32.0. The van der Waals surface area contributed by atoms with E-state index in [2.05, 4.69) is 93.7 Å². The van der Waals surface area contributed by atoms with Crippen LogP contribution in [0.1, 0.15) is 226 Å². The Labute approximate surface area is 400 Å². The number of hydrogen-bond acceptors (Lipinski definition) is 6. The summed E-state index contributed by atoms with van der Waals surface area (Å²) < 4.78 is 16.8. The minimum atomic E-state index is -0.804. The average molecular weight is 901 g/mol. The van der Waals surface area contributed by atoms with Gasteiger partial charge in [-0.25, -0.2) is 0 Å². The molecule has 1 unspecified atom stereocenters. The van der Waals surface area contributed by atoms with E-state index in [0.717, 1.165) is 109 Å². The number of allylic oxidation sites excluding steroid dienone is 18. The molecule has 6 nitrogen and oxygen atoms in total. The molecule has 0 rings (SSSR count). The van der Waals surface area contributed by atoms with E-state index in [-0.39, 0.29) is 31.1 Å². The van der Waals surface area contributed by atoms with E-state index in [1.54, 1.807) is 0 Å². The third kappa shape index (κ3) is 50.9. The number of hydrogen-bond donors (Lipinski definition) is 0. The van der Waals surface area contributed by atoms with E-state index in [0.29, 0.717) is 19.3 Å². The highest BCUT2D eigenvalue weighted by Gasteiger charge is 2.19. The van der Waals surface area contributed by atoms with E-state index in [4.69, 9.17) is 14.2 Å². The second kappa shape index (κ2) is 52.7. The largest absolute Gasteiger partial charge is 0.462 e. The van der Waals surface area contributed by atoms with Gasteiger partial charge in [-0.2, -0.15) is 0 Å². The van der Waals surface area contributed by atoms with Gasteiger partial charge in [0, 0.05) is 19.3 Å². The van der Waals surface area contributed by atoms with Crippen molar-refractivity contribution in [1.29, 1.82) is 0 Å². The maximum Gasteiger partial charge on any atom is 0.306 e. The van der Waals surface area contributed by atoms with Crippen LogP contribution >= 0.6 is 0 Å². The third-order valence-corrected chi connectivity index (χ3v) is 10.8. The lowest BCUT2D eigenvalue weighted by Gasteiger charge is -2.18. The molecular formula is C59H96O6. The van der Waals surface area contributed by atoms with Gasteiger partial charge in [0.1, 0.15) is 13.2 Å². The summed E-state index contributed by atoms with van der Waals surface area (Å²) in [7, 11) is 0. The summed E-state index contributed by atoms with van der Waals surface area (Å²) in [5.74, 6) is -0.963. The lowest BCUT2D eigenvalue weighted by molar-refractivity contribution is -0.167. The van der Waals surface area contributed by atoms with E-state index < -0.39 is 6.10 Å². The fourth-order valence-corrected chi connectivity index (χ4v) is 6.91. The summed E-state index contributed by atoms with van der Waals surface area (Å²) in [4.78, 5) is 38.0. The molecule has 0 spiro atoms.